The van der Waals surface area contributed by atoms with Crippen LogP contribution in [0, 0.1) is 16.0 Å². The normalized spacial score (nSPS) is 12.1. The maximum absolute atomic E-state index is 12.2. The lowest BCUT2D eigenvalue weighted by Crippen LogP contribution is -2.31. The molecule has 7 heteroatoms. The molecular weight excluding hydrogens is 308 g/mol. The van der Waals surface area contributed by atoms with Gasteiger partial charge < -0.3 is 5.32 Å². The van der Waals surface area contributed by atoms with Crippen LogP contribution < -0.4 is 5.32 Å². The maximum Gasteiger partial charge on any atom is 0.306 e. The van der Waals surface area contributed by atoms with Gasteiger partial charge in [0.1, 0.15) is 12.4 Å². The first-order valence-corrected chi connectivity index (χ1v) is 7.98. The van der Waals surface area contributed by atoms with Crippen molar-refractivity contribution in [1.29, 1.82) is 0 Å². The molecule has 128 valence electrons. The Bertz CT molecular complexity index is 682. The molecule has 0 aliphatic heterocycles. The van der Waals surface area contributed by atoms with Crippen molar-refractivity contribution in [2.75, 3.05) is 0 Å². The molecule has 0 bridgehead atoms. The summed E-state index contributed by atoms with van der Waals surface area (Å²) in [6, 6.07) is 9.86. The summed E-state index contributed by atoms with van der Waals surface area (Å²) in [5.41, 5.74) is 1.05. The first-order chi connectivity index (χ1) is 11.5. The third-order valence-corrected chi connectivity index (χ3v) is 3.76. The highest BCUT2D eigenvalue weighted by molar-refractivity contribution is 5.76. The summed E-state index contributed by atoms with van der Waals surface area (Å²) in [4.78, 5) is 22.3. The first kappa shape index (κ1) is 17.7. The standard InChI is InChI=1S/C17H22N4O3/c1-13(2)17(14-7-4-3-5-8-14)19-16(22)9-6-10-20-12-15(11-18-20)21(23)24/h3-5,7-8,11-13,17H,6,9-10H2,1-2H3,(H,19,22). The Labute approximate surface area is 140 Å². The molecule has 0 saturated carbocycles. The summed E-state index contributed by atoms with van der Waals surface area (Å²) in [5, 5.41) is 17.6. The topological polar surface area (TPSA) is 90.1 Å². The number of hydrogen-bond donors (Lipinski definition) is 1. The van der Waals surface area contributed by atoms with Gasteiger partial charge in [-0.1, -0.05) is 44.2 Å². The van der Waals surface area contributed by atoms with E-state index in [0.29, 0.717) is 19.4 Å². The summed E-state index contributed by atoms with van der Waals surface area (Å²) in [7, 11) is 0. The zero-order chi connectivity index (χ0) is 17.5. The highest BCUT2D eigenvalue weighted by Crippen LogP contribution is 2.21. The van der Waals surface area contributed by atoms with Gasteiger partial charge in [-0.3, -0.25) is 19.6 Å². The van der Waals surface area contributed by atoms with Crippen molar-refractivity contribution in [3.63, 3.8) is 0 Å². The predicted octanol–water partition coefficient (Wildman–Crippen LogP) is 3.09. The number of carbonyl (C=O) groups is 1. The second kappa shape index (κ2) is 8.24. The Kier molecular flexibility index (Phi) is 6.06. The molecule has 1 amide bonds. The van der Waals surface area contributed by atoms with Crippen LogP contribution in [0.2, 0.25) is 0 Å². The number of carbonyl (C=O) groups excluding carboxylic acids is 1. The van der Waals surface area contributed by atoms with Crippen LogP contribution in [0.4, 0.5) is 5.69 Å². The van der Waals surface area contributed by atoms with Gasteiger partial charge in [-0.15, -0.1) is 0 Å². The minimum atomic E-state index is -0.483. The molecule has 0 fully saturated rings. The first-order valence-electron chi connectivity index (χ1n) is 7.98. The molecule has 0 saturated heterocycles. The van der Waals surface area contributed by atoms with Crippen molar-refractivity contribution in [3.05, 3.63) is 58.4 Å². The Balaban J connectivity index is 1.84. The van der Waals surface area contributed by atoms with Crippen molar-refractivity contribution >= 4 is 11.6 Å². The minimum Gasteiger partial charge on any atom is -0.349 e. The summed E-state index contributed by atoms with van der Waals surface area (Å²) in [6.45, 7) is 4.61. The van der Waals surface area contributed by atoms with E-state index in [1.54, 1.807) is 0 Å². The van der Waals surface area contributed by atoms with Gasteiger partial charge in [-0.25, -0.2) is 0 Å². The molecule has 1 aromatic carbocycles. The average molecular weight is 330 g/mol. The van der Waals surface area contributed by atoms with E-state index in [1.165, 1.54) is 17.1 Å². The zero-order valence-corrected chi connectivity index (χ0v) is 13.9. The van der Waals surface area contributed by atoms with E-state index in [2.05, 4.69) is 24.3 Å². The van der Waals surface area contributed by atoms with Crippen LogP contribution in [-0.4, -0.2) is 20.6 Å². The highest BCUT2D eigenvalue weighted by Gasteiger charge is 2.18. The Morgan fingerprint density at radius 2 is 2.04 bits per heavy atom. The van der Waals surface area contributed by atoms with Crippen molar-refractivity contribution in [1.82, 2.24) is 15.1 Å². The number of amides is 1. The van der Waals surface area contributed by atoms with Gasteiger partial charge >= 0.3 is 5.69 Å². The Hall–Kier alpha value is -2.70. The lowest BCUT2D eigenvalue weighted by atomic mass is 9.96. The van der Waals surface area contributed by atoms with E-state index in [-0.39, 0.29) is 23.6 Å². The van der Waals surface area contributed by atoms with Gasteiger partial charge in [0.2, 0.25) is 5.91 Å². The van der Waals surface area contributed by atoms with Gasteiger partial charge in [0.25, 0.3) is 0 Å². The number of rotatable bonds is 8. The van der Waals surface area contributed by atoms with Crippen LogP contribution >= 0.6 is 0 Å². The third kappa shape index (κ3) is 4.91. The molecular formula is C17H22N4O3. The summed E-state index contributed by atoms with van der Waals surface area (Å²) >= 11 is 0. The van der Waals surface area contributed by atoms with Crippen LogP contribution in [0.5, 0.6) is 0 Å². The van der Waals surface area contributed by atoms with Crippen molar-refractivity contribution in [2.45, 2.75) is 39.3 Å². The molecule has 7 nitrogen and oxygen atoms in total. The average Bonchev–Trinajstić information content (AvgIpc) is 3.02. The molecule has 0 aliphatic rings. The molecule has 2 rings (SSSR count). The van der Waals surface area contributed by atoms with Crippen LogP contribution in [0.25, 0.3) is 0 Å². The number of nitrogens with zero attached hydrogens (tertiary/aromatic N) is 3. The van der Waals surface area contributed by atoms with Crippen LogP contribution in [0.1, 0.15) is 38.3 Å². The molecule has 0 aliphatic carbocycles. The van der Waals surface area contributed by atoms with Gasteiger partial charge in [-0.05, 0) is 17.9 Å². The van der Waals surface area contributed by atoms with Crippen molar-refractivity contribution in [3.8, 4) is 0 Å². The number of nitrogens with one attached hydrogen (secondary N) is 1. The fourth-order valence-corrected chi connectivity index (χ4v) is 2.51. The second-order valence-corrected chi connectivity index (χ2v) is 6.02. The fourth-order valence-electron chi connectivity index (χ4n) is 2.51. The monoisotopic (exact) mass is 330 g/mol. The number of aromatic nitrogens is 2. The quantitative estimate of drug-likeness (QED) is 0.595. The Morgan fingerprint density at radius 3 is 2.62 bits per heavy atom. The molecule has 0 spiro atoms. The molecule has 0 radical (unpaired) electrons. The number of aryl methyl sites for hydroxylation is 1. The van der Waals surface area contributed by atoms with E-state index in [9.17, 15) is 14.9 Å². The zero-order valence-electron chi connectivity index (χ0n) is 13.9. The Morgan fingerprint density at radius 1 is 1.33 bits per heavy atom. The smallest absolute Gasteiger partial charge is 0.306 e. The number of nitro groups is 1. The minimum absolute atomic E-state index is 0.0236. The lowest BCUT2D eigenvalue weighted by Gasteiger charge is -2.23. The summed E-state index contributed by atoms with van der Waals surface area (Å²) in [5.74, 6) is 0.254. The molecule has 1 unspecified atom stereocenters. The van der Waals surface area contributed by atoms with Gasteiger partial charge in [0.05, 0.1) is 11.0 Å². The number of hydrogen-bond acceptors (Lipinski definition) is 4. The molecule has 1 atom stereocenters. The van der Waals surface area contributed by atoms with Crippen molar-refractivity contribution in [2.24, 2.45) is 5.92 Å². The van der Waals surface area contributed by atoms with E-state index in [0.717, 1.165) is 5.56 Å². The van der Waals surface area contributed by atoms with Crippen LogP contribution in [-0.2, 0) is 11.3 Å². The highest BCUT2D eigenvalue weighted by atomic mass is 16.6. The molecule has 1 N–H and O–H groups in total. The van der Waals surface area contributed by atoms with Gasteiger partial charge in [0, 0.05) is 13.0 Å². The fraction of sp³-hybridized carbons (Fsp3) is 0.412. The van der Waals surface area contributed by atoms with E-state index < -0.39 is 4.92 Å². The number of benzene rings is 1. The lowest BCUT2D eigenvalue weighted by molar-refractivity contribution is -0.385. The van der Waals surface area contributed by atoms with Crippen LogP contribution in [0.3, 0.4) is 0 Å². The van der Waals surface area contributed by atoms with Crippen LogP contribution in [0.15, 0.2) is 42.7 Å². The molecule has 2 aromatic rings. The third-order valence-electron chi connectivity index (χ3n) is 3.76. The van der Waals surface area contributed by atoms with E-state index in [1.807, 2.05) is 30.3 Å². The largest absolute Gasteiger partial charge is 0.349 e. The van der Waals surface area contributed by atoms with Gasteiger partial charge in [-0.2, -0.15) is 5.10 Å². The summed E-state index contributed by atoms with van der Waals surface area (Å²) < 4.78 is 1.49. The van der Waals surface area contributed by atoms with E-state index in [4.69, 9.17) is 0 Å². The molecule has 24 heavy (non-hydrogen) atoms. The predicted molar refractivity (Wildman–Crippen MR) is 90.3 cm³/mol. The SMILES string of the molecule is CC(C)C(NC(=O)CCCn1cc([N+](=O)[O-])cn1)c1ccccc1. The molecule has 1 aromatic heterocycles. The molecule has 1 heterocycles. The van der Waals surface area contributed by atoms with Gasteiger partial charge in [0.15, 0.2) is 0 Å². The van der Waals surface area contributed by atoms with Crippen molar-refractivity contribution < 1.29 is 9.72 Å². The van der Waals surface area contributed by atoms with E-state index >= 15 is 0 Å². The summed E-state index contributed by atoms with van der Waals surface area (Å²) in [6.07, 6.45) is 3.51. The maximum atomic E-state index is 12.2. The second-order valence-electron chi connectivity index (χ2n) is 6.02.